The van der Waals surface area contributed by atoms with Gasteiger partial charge in [0.25, 0.3) is 17.4 Å². The molecular formula is C21H20N4O6. The fourth-order valence-electron chi connectivity index (χ4n) is 3.21. The highest BCUT2D eigenvalue weighted by Gasteiger charge is 2.22. The van der Waals surface area contributed by atoms with E-state index in [9.17, 15) is 14.4 Å². The Morgan fingerprint density at radius 3 is 2.74 bits per heavy atom. The van der Waals surface area contributed by atoms with E-state index >= 15 is 0 Å². The Kier molecular flexibility index (Phi) is 5.44. The molecule has 0 saturated carbocycles. The highest BCUT2D eigenvalue weighted by Crippen LogP contribution is 2.36. The zero-order chi connectivity index (χ0) is 22.0. The van der Waals surface area contributed by atoms with Gasteiger partial charge in [-0.15, -0.1) is 0 Å². The van der Waals surface area contributed by atoms with Gasteiger partial charge >= 0.3 is 0 Å². The van der Waals surface area contributed by atoms with Crippen LogP contribution in [0.1, 0.15) is 30.0 Å². The molecule has 0 saturated heterocycles. The number of carbonyl (C=O) groups is 2. The number of ether oxygens (including phenoxy) is 3. The third-order valence-corrected chi connectivity index (χ3v) is 4.55. The number of benzene rings is 2. The molecule has 3 aromatic rings. The SMILES string of the molecule is CC.O=C1COc2ccc(CNC(=O)c3nc4ccc5c(c4c(=O)[nH]3)OCO5)cc2N1. The van der Waals surface area contributed by atoms with Crippen molar-refractivity contribution in [2.75, 3.05) is 18.7 Å². The predicted octanol–water partition coefficient (Wildman–Crippen LogP) is 1.94. The van der Waals surface area contributed by atoms with Gasteiger partial charge in [0, 0.05) is 6.54 Å². The van der Waals surface area contributed by atoms with Crippen LogP contribution >= 0.6 is 0 Å². The topological polar surface area (TPSA) is 132 Å². The molecule has 2 amide bonds. The first kappa shape index (κ1) is 20.2. The van der Waals surface area contributed by atoms with E-state index in [-0.39, 0.29) is 37.1 Å². The smallest absolute Gasteiger partial charge is 0.287 e. The highest BCUT2D eigenvalue weighted by molar-refractivity contribution is 5.96. The molecular weight excluding hydrogens is 404 g/mol. The zero-order valence-electron chi connectivity index (χ0n) is 16.9. The molecule has 31 heavy (non-hydrogen) atoms. The first-order valence-corrected chi connectivity index (χ1v) is 9.75. The van der Waals surface area contributed by atoms with E-state index < -0.39 is 11.5 Å². The monoisotopic (exact) mass is 424 g/mol. The van der Waals surface area contributed by atoms with E-state index in [1.54, 1.807) is 30.3 Å². The minimum Gasteiger partial charge on any atom is -0.482 e. The Morgan fingerprint density at radius 2 is 1.90 bits per heavy atom. The maximum Gasteiger partial charge on any atom is 0.287 e. The summed E-state index contributed by atoms with van der Waals surface area (Å²) in [7, 11) is 0. The van der Waals surface area contributed by atoms with Gasteiger partial charge in [0.1, 0.15) is 11.1 Å². The van der Waals surface area contributed by atoms with Crippen molar-refractivity contribution >= 4 is 28.4 Å². The predicted molar refractivity (Wildman–Crippen MR) is 112 cm³/mol. The van der Waals surface area contributed by atoms with Crippen LogP contribution in [0.15, 0.2) is 35.1 Å². The molecule has 0 spiro atoms. The summed E-state index contributed by atoms with van der Waals surface area (Å²) in [6.45, 7) is 4.18. The van der Waals surface area contributed by atoms with Gasteiger partial charge in [-0.05, 0) is 29.8 Å². The Balaban J connectivity index is 0.00000112. The second kappa shape index (κ2) is 8.34. The number of H-pyrrole nitrogens is 1. The number of carbonyl (C=O) groups excluding carboxylic acids is 2. The lowest BCUT2D eigenvalue weighted by molar-refractivity contribution is -0.118. The molecule has 5 rings (SSSR count). The molecule has 0 radical (unpaired) electrons. The molecule has 10 heteroatoms. The van der Waals surface area contributed by atoms with Gasteiger partial charge in [-0.25, -0.2) is 4.98 Å². The van der Waals surface area contributed by atoms with Gasteiger partial charge in [-0.3, -0.25) is 14.4 Å². The summed E-state index contributed by atoms with van der Waals surface area (Å²) in [5, 5.41) is 5.64. The van der Waals surface area contributed by atoms with Gasteiger partial charge in [-0.1, -0.05) is 19.9 Å². The number of rotatable bonds is 3. The van der Waals surface area contributed by atoms with Crippen LogP contribution in [0, 0.1) is 0 Å². The standard InChI is InChI=1S/C19H14N4O6.C2H6/c24-14-7-27-12-3-1-9(5-11(12)21-14)6-20-19(26)17-22-10-2-4-13-16(29-8-28-13)15(10)18(25)23-17;1-2/h1-5H,6-8H2,(H,20,26)(H,21,24)(H,22,23,25);1-2H3. The Labute approximate surface area is 176 Å². The lowest BCUT2D eigenvalue weighted by Crippen LogP contribution is -2.28. The zero-order valence-corrected chi connectivity index (χ0v) is 16.9. The van der Waals surface area contributed by atoms with Gasteiger partial charge in [0.05, 0.1) is 11.2 Å². The summed E-state index contributed by atoms with van der Waals surface area (Å²) in [4.78, 5) is 43.1. The largest absolute Gasteiger partial charge is 0.482 e. The molecule has 0 fully saturated rings. The van der Waals surface area contributed by atoms with Crippen LogP contribution in [-0.4, -0.2) is 35.2 Å². The van der Waals surface area contributed by atoms with Gasteiger partial charge in [-0.2, -0.15) is 0 Å². The molecule has 0 atom stereocenters. The van der Waals surface area contributed by atoms with Crippen LogP contribution < -0.4 is 30.4 Å². The summed E-state index contributed by atoms with van der Waals surface area (Å²) in [6.07, 6.45) is 0. The molecule has 160 valence electrons. The van der Waals surface area contributed by atoms with E-state index in [4.69, 9.17) is 14.2 Å². The van der Waals surface area contributed by atoms with Gasteiger partial charge in [0.2, 0.25) is 6.79 Å². The molecule has 10 nitrogen and oxygen atoms in total. The molecule has 0 aliphatic carbocycles. The Bertz CT molecular complexity index is 1240. The average molecular weight is 424 g/mol. The van der Waals surface area contributed by atoms with Crippen molar-refractivity contribution in [1.82, 2.24) is 15.3 Å². The third-order valence-electron chi connectivity index (χ3n) is 4.55. The summed E-state index contributed by atoms with van der Waals surface area (Å²) >= 11 is 0. The van der Waals surface area contributed by atoms with Gasteiger partial charge in [0.15, 0.2) is 23.9 Å². The van der Waals surface area contributed by atoms with Gasteiger partial charge < -0.3 is 29.8 Å². The molecule has 3 N–H and O–H groups in total. The minimum absolute atomic E-state index is 0.0234. The molecule has 0 unspecified atom stereocenters. The van der Waals surface area contributed by atoms with E-state index in [1.165, 1.54) is 0 Å². The maximum absolute atomic E-state index is 12.5. The van der Waals surface area contributed by atoms with Crippen LogP contribution in [-0.2, 0) is 11.3 Å². The van der Waals surface area contributed by atoms with Crippen molar-refractivity contribution in [3.63, 3.8) is 0 Å². The number of aromatic nitrogens is 2. The van der Waals surface area contributed by atoms with Crippen molar-refractivity contribution in [3.8, 4) is 17.2 Å². The number of hydrogen-bond acceptors (Lipinski definition) is 7. The first-order valence-electron chi connectivity index (χ1n) is 9.75. The number of hydrogen-bond donors (Lipinski definition) is 3. The fraction of sp³-hybridized carbons (Fsp3) is 0.238. The summed E-state index contributed by atoms with van der Waals surface area (Å²) in [5.74, 6) is 0.457. The lowest BCUT2D eigenvalue weighted by atomic mass is 10.1. The average Bonchev–Trinajstić information content (AvgIpc) is 3.27. The number of nitrogens with one attached hydrogen (secondary N) is 3. The Hall–Kier alpha value is -4.08. The number of amides is 2. The second-order valence-corrected chi connectivity index (χ2v) is 6.46. The maximum atomic E-state index is 12.5. The quantitative estimate of drug-likeness (QED) is 0.585. The van der Waals surface area contributed by atoms with E-state index in [2.05, 4.69) is 20.6 Å². The van der Waals surface area contributed by atoms with Crippen LogP contribution in [0.25, 0.3) is 10.9 Å². The van der Waals surface area contributed by atoms with Crippen molar-refractivity contribution in [3.05, 3.63) is 52.1 Å². The van der Waals surface area contributed by atoms with Crippen LogP contribution in [0.2, 0.25) is 0 Å². The van der Waals surface area contributed by atoms with E-state index in [1.807, 2.05) is 13.8 Å². The highest BCUT2D eigenvalue weighted by atomic mass is 16.7. The van der Waals surface area contributed by atoms with Crippen molar-refractivity contribution < 1.29 is 23.8 Å². The van der Waals surface area contributed by atoms with Crippen LogP contribution in [0.4, 0.5) is 5.69 Å². The summed E-state index contributed by atoms with van der Waals surface area (Å²) in [5.41, 5.74) is 1.13. The number of aromatic amines is 1. The van der Waals surface area contributed by atoms with Crippen molar-refractivity contribution in [1.29, 1.82) is 0 Å². The minimum atomic E-state index is -0.542. The van der Waals surface area contributed by atoms with Crippen molar-refractivity contribution in [2.24, 2.45) is 0 Å². The lowest BCUT2D eigenvalue weighted by Gasteiger charge is -2.18. The first-order chi connectivity index (χ1) is 15.1. The van der Waals surface area contributed by atoms with Crippen LogP contribution in [0.3, 0.4) is 0 Å². The van der Waals surface area contributed by atoms with E-state index in [0.29, 0.717) is 28.5 Å². The molecule has 0 bridgehead atoms. The molecule has 3 heterocycles. The summed E-state index contributed by atoms with van der Waals surface area (Å²) < 4.78 is 15.9. The molecule has 2 aliphatic heterocycles. The normalized spacial score (nSPS) is 13.4. The Morgan fingerprint density at radius 1 is 1.10 bits per heavy atom. The molecule has 2 aromatic carbocycles. The number of anilines is 1. The van der Waals surface area contributed by atoms with Crippen molar-refractivity contribution in [2.45, 2.75) is 20.4 Å². The second-order valence-electron chi connectivity index (χ2n) is 6.46. The summed E-state index contributed by atoms with van der Waals surface area (Å²) in [6, 6.07) is 8.44. The van der Waals surface area contributed by atoms with Crippen LogP contribution in [0.5, 0.6) is 17.2 Å². The third kappa shape index (κ3) is 3.87. The van der Waals surface area contributed by atoms with E-state index in [0.717, 1.165) is 5.56 Å². The molecule has 2 aliphatic rings. The number of nitrogens with zero attached hydrogens (tertiary/aromatic N) is 1. The number of fused-ring (bicyclic) bond motifs is 4. The molecule has 1 aromatic heterocycles. The fourth-order valence-corrected chi connectivity index (χ4v) is 3.21.